The monoisotopic (exact) mass is 785 g/mol. The molecule has 8 aromatic carbocycles. The first-order valence-electron chi connectivity index (χ1n) is 22.4. The molecule has 0 aliphatic heterocycles. The Bertz CT molecular complexity index is 3560. The van der Waals surface area contributed by atoms with Crippen LogP contribution in [0.5, 0.6) is 0 Å². The van der Waals surface area contributed by atoms with Crippen LogP contribution in [0.4, 0.5) is 0 Å². The molecule has 6 heteroatoms. The van der Waals surface area contributed by atoms with Gasteiger partial charge in [-0.05, 0) is 41.5 Å². The van der Waals surface area contributed by atoms with E-state index < -0.39 is 18.1 Å². The van der Waals surface area contributed by atoms with Crippen LogP contribution < -0.4 is 0 Å². The average molecular weight is 786 g/mol. The van der Waals surface area contributed by atoms with Crippen LogP contribution >= 0.6 is 0 Å². The minimum atomic E-state index is -0.477. The summed E-state index contributed by atoms with van der Waals surface area (Å²) in [6, 6.07) is 60.0. The third kappa shape index (κ3) is 6.82. The van der Waals surface area contributed by atoms with Gasteiger partial charge in [-0.25, -0.2) is 24.9 Å². The van der Waals surface area contributed by atoms with Gasteiger partial charge in [0.2, 0.25) is 0 Å². The third-order valence-corrected chi connectivity index (χ3v) is 10.8. The van der Waals surface area contributed by atoms with Crippen LogP contribution in [0.1, 0.15) is 6.85 Å². The van der Waals surface area contributed by atoms with E-state index in [1.807, 2.05) is 127 Å². The fraction of sp³-hybridized carbons (Fsp3) is 0. The molecule has 0 saturated heterocycles. The van der Waals surface area contributed by atoms with Crippen molar-refractivity contribution in [2.45, 2.75) is 0 Å². The zero-order valence-corrected chi connectivity index (χ0v) is 32.6. The first-order chi connectivity index (χ1) is 32.3. The topological polar surface area (TPSA) is 69.4 Å². The molecule has 0 unspecified atom stereocenters. The molecular weight excluding hydrogens is 745 g/mol. The van der Waals surface area contributed by atoms with Gasteiger partial charge in [-0.15, -0.1) is 0 Å². The molecule has 0 fully saturated rings. The summed E-state index contributed by atoms with van der Waals surface area (Å²) in [5.74, 6) is 1.75. The Kier molecular flexibility index (Phi) is 7.77. The Hall–Kier alpha value is -8.35. The predicted molar refractivity (Wildman–Crippen MR) is 248 cm³/mol. The SMILES string of the molecule is [2H]c1c([2H])c([2H])c(-c2cc(-c3ccc(-n4c5ccccc5c5ccc(-c6ccccc6)cc54)c(-c4nc(-c5ccccc5)nc(-c5ccccc5)n4)c3)nc(-c3ccccc3)n2)c([2H])c1[2H]. The minimum Gasteiger partial charge on any atom is -0.308 e. The van der Waals surface area contributed by atoms with Crippen LogP contribution in [0.2, 0.25) is 0 Å². The summed E-state index contributed by atoms with van der Waals surface area (Å²) in [6.07, 6.45) is 0. The van der Waals surface area contributed by atoms with Crippen molar-refractivity contribution in [3.63, 3.8) is 0 Å². The van der Waals surface area contributed by atoms with E-state index in [-0.39, 0.29) is 23.3 Å². The number of hydrogen-bond acceptors (Lipinski definition) is 5. The van der Waals surface area contributed by atoms with Crippen molar-refractivity contribution in [3.05, 3.63) is 218 Å². The number of benzene rings is 8. The van der Waals surface area contributed by atoms with Gasteiger partial charge < -0.3 is 4.57 Å². The largest absolute Gasteiger partial charge is 0.308 e. The number of fused-ring (bicyclic) bond motifs is 3. The molecule has 0 spiro atoms. The van der Waals surface area contributed by atoms with Gasteiger partial charge in [0.05, 0.1) is 35.0 Å². The van der Waals surface area contributed by atoms with Crippen LogP contribution in [0.15, 0.2) is 218 Å². The molecule has 0 bridgehead atoms. The Labute approximate surface area is 360 Å². The fourth-order valence-corrected chi connectivity index (χ4v) is 7.86. The minimum absolute atomic E-state index is 0.0179. The Balaban J connectivity index is 1.22. The summed E-state index contributed by atoms with van der Waals surface area (Å²) >= 11 is 0. The van der Waals surface area contributed by atoms with Gasteiger partial charge >= 0.3 is 0 Å². The van der Waals surface area contributed by atoms with Gasteiger partial charge in [-0.2, -0.15) is 0 Å². The highest BCUT2D eigenvalue weighted by Gasteiger charge is 2.22. The number of hydrogen-bond donors (Lipinski definition) is 0. The van der Waals surface area contributed by atoms with Crippen LogP contribution in [0.3, 0.4) is 0 Å². The average Bonchev–Trinajstić information content (AvgIpc) is 3.71. The van der Waals surface area contributed by atoms with E-state index in [2.05, 4.69) is 59.2 Å². The molecule has 11 rings (SSSR count). The van der Waals surface area contributed by atoms with Gasteiger partial charge in [0, 0.05) is 44.2 Å². The van der Waals surface area contributed by atoms with Crippen LogP contribution in [0, 0.1) is 0 Å². The van der Waals surface area contributed by atoms with Crippen molar-refractivity contribution in [1.82, 2.24) is 29.5 Å². The van der Waals surface area contributed by atoms with E-state index in [0.29, 0.717) is 45.7 Å². The quantitative estimate of drug-likeness (QED) is 0.153. The van der Waals surface area contributed by atoms with Gasteiger partial charge in [0.25, 0.3) is 0 Å². The molecule has 0 saturated carbocycles. The Morgan fingerprint density at radius 2 is 0.820 bits per heavy atom. The molecule has 0 aliphatic rings. The molecule has 0 amide bonds. The Morgan fingerprint density at radius 1 is 0.328 bits per heavy atom. The number of rotatable bonds is 8. The second-order valence-corrected chi connectivity index (χ2v) is 14.5. The van der Waals surface area contributed by atoms with E-state index in [0.717, 1.165) is 49.7 Å². The lowest BCUT2D eigenvalue weighted by molar-refractivity contribution is 1.06. The molecule has 11 aromatic rings. The van der Waals surface area contributed by atoms with Crippen molar-refractivity contribution < 1.29 is 6.85 Å². The van der Waals surface area contributed by atoms with Crippen molar-refractivity contribution in [1.29, 1.82) is 0 Å². The zero-order chi connectivity index (χ0) is 44.9. The lowest BCUT2D eigenvalue weighted by Crippen LogP contribution is -2.04. The lowest BCUT2D eigenvalue weighted by Gasteiger charge is -2.17. The summed E-state index contributed by atoms with van der Waals surface area (Å²) in [5, 5.41) is 2.16. The molecule has 3 aromatic heterocycles. The highest BCUT2D eigenvalue weighted by Crippen LogP contribution is 2.40. The molecule has 6 nitrogen and oxygen atoms in total. The van der Waals surface area contributed by atoms with Crippen LogP contribution in [-0.4, -0.2) is 29.5 Å². The van der Waals surface area contributed by atoms with Crippen molar-refractivity contribution in [3.8, 4) is 84.9 Å². The molecule has 0 atom stereocenters. The summed E-state index contributed by atoms with van der Waals surface area (Å²) in [5.41, 5.74) is 9.28. The van der Waals surface area contributed by atoms with E-state index in [1.54, 1.807) is 6.07 Å². The number of aromatic nitrogens is 6. The van der Waals surface area contributed by atoms with Crippen LogP contribution in [0.25, 0.3) is 107 Å². The standard InChI is InChI=1S/C55H36N6/c1-6-18-37(19-7-1)42-30-32-45-44-28-16-17-29-49(44)61(51(45)35-42)50-33-31-43(48-36-47(38-20-8-2-9-21-38)56-52(57-48)39-22-10-3-11-23-39)34-46(50)55-59-53(40-24-12-4-13-25-40)58-54(60-55)41-26-14-5-15-27-41/h1-36H/i2D,8D,9D,20D,21D. The van der Waals surface area contributed by atoms with E-state index in [4.69, 9.17) is 31.8 Å². The molecule has 286 valence electrons. The molecular formula is C55H36N6. The highest BCUT2D eigenvalue weighted by molar-refractivity contribution is 6.10. The van der Waals surface area contributed by atoms with Gasteiger partial charge in [0.1, 0.15) is 0 Å². The second-order valence-electron chi connectivity index (χ2n) is 14.5. The summed E-state index contributed by atoms with van der Waals surface area (Å²) in [7, 11) is 0. The highest BCUT2D eigenvalue weighted by atomic mass is 15.1. The maximum atomic E-state index is 8.90. The molecule has 61 heavy (non-hydrogen) atoms. The van der Waals surface area contributed by atoms with Gasteiger partial charge in [-0.3, -0.25) is 0 Å². The first kappa shape index (κ1) is 30.7. The van der Waals surface area contributed by atoms with Crippen LogP contribution in [-0.2, 0) is 0 Å². The smallest absolute Gasteiger partial charge is 0.166 e. The van der Waals surface area contributed by atoms with Gasteiger partial charge in [-0.1, -0.05) is 188 Å². The lowest BCUT2D eigenvalue weighted by atomic mass is 10.0. The number of nitrogens with zero attached hydrogens (tertiary/aromatic N) is 6. The van der Waals surface area contributed by atoms with Gasteiger partial charge in [0.15, 0.2) is 23.3 Å². The van der Waals surface area contributed by atoms with E-state index >= 15 is 0 Å². The molecule has 0 radical (unpaired) electrons. The van der Waals surface area contributed by atoms with Crippen molar-refractivity contribution in [2.75, 3.05) is 0 Å². The second kappa shape index (κ2) is 15.4. The fourth-order valence-electron chi connectivity index (χ4n) is 7.86. The third-order valence-electron chi connectivity index (χ3n) is 10.8. The summed E-state index contributed by atoms with van der Waals surface area (Å²) in [6.45, 7) is 0. The normalized spacial score (nSPS) is 12.4. The molecule has 3 heterocycles. The zero-order valence-electron chi connectivity index (χ0n) is 37.6. The maximum Gasteiger partial charge on any atom is 0.166 e. The van der Waals surface area contributed by atoms with E-state index in [1.165, 1.54) is 0 Å². The summed E-state index contributed by atoms with van der Waals surface area (Å²) in [4.78, 5) is 25.4. The predicted octanol–water partition coefficient (Wildman–Crippen LogP) is 13.4. The van der Waals surface area contributed by atoms with Crippen molar-refractivity contribution in [2.24, 2.45) is 0 Å². The van der Waals surface area contributed by atoms with Crippen molar-refractivity contribution >= 4 is 21.8 Å². The Morgan fingerprint density at radius 3 is 1.44 bits per heavy atom. The molecule has 0 aliphatic carbocycles. The summed E-state index contributed by atoms with van der Waals surface area (Å²) < 4.78 is 45.4. The first-order valence-corrected chi connectivity index (χ1v) is 19.9. The number of para-hydroxylation sites is 1. The maximum absolute atomic E-state index is 8.90. The van der Waals surface area contributed by atoms with E-state index in [9.17, 15) is 0 Å². The molecule has 0 N–H and O–H groups in total.